The molecule has 0 saturated carbocycles. The SMILES string of the molecule is Fc1[c]ccc(Br)c1OC(F)F. The van der Waals surface area contributed by atoms with E-state index in [1.54, 1.807) is 0 Å². The van der Waals surface area contributed by atoms with E-state index in [1.165, 1.54) is 12.1 Å². The van der Waals surface area contributed by atoms with E-state index in [1.807, 2.05) is 0 Å². The third-order valence-electron chi connectivity index (χ3n) is 1.06. The van der Waals surface area contributed by atoms with Gasteiger partial charge in [0.2, 0.25) is 0 Å². The summed E-state index contributed by atoms with van der Waals surface area (Å²) < 4.78 is 40.0. The normalized spacial score (nSPS) is 10.4. The first-order valence-corrected chi connectivity index (χ1v) is 3.71. The number of halogens is 4. The molecule has 65 valence electrons. The molecule has 0 aromatic heterocycles. The zero-order valence-electron chi connectivity index (χ0n) is 5.65. The summed E-state index contributed by atoms with van der Waals surface area (Å²) in [5.41, 5.74) is 0. The van der Waals surface area contributed by atoms with E-state index in [4.69, 9.17) is 0 Å². The second kappa shape index (κ2) is 3.80. The summed E-state index contributed by atoms with van der Waals surface area (Å²) >= 11 is 2.86. The Hall–Kier alpha value is -0.710. The van der Waals surface area contributed by atoms with Gasteiger partial charge in [-0.2, -0.15) is 8.78 Å². The molecule has 1 radical (unpaired) electrons. The van der Waals surface area contributed by atoms with Crippen LogP contribution >= 0.6 is 15.9 Å². The van der Waals surface area contributed by atoms with Crippen molar-refractivity contribution in [3.8, 4) is 5.75 Å². The Labute approximate surface area is 75.3 Å². The van der Waals surface area contributed by atoms with E-state index in [0.717, 1.165) is 0 Å². The minimum absolute atomic E-state index is 0.138. The zero-order chi connectivity index (χ0) is 9.14. The minimum Gasteiger partial charge on any atom is -0.430 e. The van der Waals surface area contributed by atoms with Crippen molar-refractivity contribution in [3.05, 3.63) is 28.5 Å². The number of hydrogen-bond acceptors (Lipinski definition) is 1. The average Bonchev–Trinajstić information content (AvgIpc) is 1.97. The highest BCUT2D eigenvalue weighted by Gasteiger charge is 2.12. The molecule has 0 aliphatic heterocycles. The van der Waals surface area contributed by atoms with E-state index in [2.05, 4.69) is 26.7 Å². The number of hydrogen-bond donors (Lipinski definition) is 0. The molecular weight excluding hydrogens is 237 g/mol. The van der Waals surface area contributed by atoms with Crippen molar-refractivity contribution in [3.63, 3.8) is 0 Å². The van der Waals surface area contributed by atoms with Crippen molar-refractivity contribution in [2.75, 3.05) is 0 Å². The topological polar surface area (TPSA) is 9.23 Å². The molecule has 1 aromatic carbocycles. The van der Waals surface area contributed by atoms with Crippen LogP contribution in [0, 0.1) is 11.9 Å². The molecule has 0 spiro atoms. The Kier molecular flexibility index (Phi) is 2.97. The lowest BCUT2D eigenvalue weighted by Gasteiger charge is -2.06. The van der Waals surface area contributed by atoms with Crippen LogP contribution in [0.15, 0.2) is 16.6 Å². The summed E-state index contributed by atoms with van der Waals surface area (Å²) in [4.78, 5) is 0. The lowest BCUT2D eigenvalue weighted by Crippen LogP contribution is -2.04. The molecule has 0 saturated heterocycles. The van der Waals surface area contributed by atoms with Crippen LogP contribution in [0.5, 0.6) is 5.75 Å². The van der Waals surface area contributed by atoms with Gasteiger partial charge in [0.15, 0.2) is 11.6 Å². The number of alkyl halides is 2. The molecule has 1 nitrogen and oxygen atoms in total. The molecule has 0 bridgehead atoms. The zero-order valence-corrected chi connectivity index (χ0v) is 7.24. The molecule has 0 amide bonds. The summed E-state index contributed by atoms with van der Waals surface area (Å²) in [5.74, 6) is -1.46. The smallest absolute Gasteiger partial charge is 0.387 e. The van der Waals surface area contributed by atoms with Gasteiger partial charge in [-0.15, -0.1) is 0 Å². The standard InChI is InChI=1S/C7H3BrF3O/c8-4-2-1-3-5(9)6(4)12-7(10)11/h1-2,7H. The van der Waals surface area contributed by atoms with Crippen molar-refractivity contribution in [2.45, 2.75) is 6.61 Å². The predicted octanol–water partition coefficient (Wildman–Crippen LogP) is 2.99. The summed E-state index contributed by atoms with van der Waals surface area (Å²) in [7, 11) is 0. The largest absolute Gasteiger partial charge is 0.430 e. The molecule has 5 heteroatoms. The molecule has 12 heavy (non-hydrogen) atoms. The van der Waals surface area contributed by atoms with Gasteiger partial charge in [-0.3, -0.25) is 0 Å². The lowest BCUT2D eigenvalue weighted by molar-refractivity contribution is -0.0527. The van der Waals surface area contributed by atoms with Crippen LogP contribution in [0.2, 0.25) is 0 Å². The van der Waals surface area contributed by atoms with Gasteiger partial charge in [-0.05, 0) is 28.1 Å². The Morgan fingerprint density at radius 3 is 2.67 bits per heavy atom. The van der Waals surface area contributed by atoms with E-state index < -0.39 is 18.2 Å². The van der Waals surface area contributed by atoms with Crippen molar-refractivity contribution in [1.82, 2.24) is 0 Å². The summed E-state index contributed by atoms with van der Waals surface area (Å²) in [6.07, 6.45) is 0. The van der Waals surface area contributed by atoms with E-state index in [-0.39, 0.29) is 4.47 Å². The molecule has 1 rings (SSSR count). The number of ether oxygens (including phenoxy) is 1. The molecule has 0 aliphatic rings. The molecule has 0 fully saturated rings. The lowest BCUT2D eigenvalue weighted by atomic mass is 10.3. The Morgan fingerprint density at radius 1 is 1.50 bits per heavy atom. The average molecular weight is 240 g/mol. The van der Waals surface area contributed by atoms with Crippen molar-refractivity contribution in [1.29, 1.82) is 0 Å². The van der Waals surface area contributed by atoms with Crippen LogP contribution in [0.25, 0.3) is 0 Å². The minimum atomic E-state index is -3.04. The van der Waals surface area contributed by atoms with Crippen LogP contribution in [0.3, 0.4) is 0 Å². The molecule has 1 aromatic rings. The van der Waals surface area contributed by atoms with Gasteiger partial charge in [0.05, 0.1) is 4.47 Å². The fourth-order valence-electron chi connectivity index (χ4n) is 0.631. The second-order valence-electron chi connectivity index (χ2n) is 1.85. The van der Waals surface area contributed by atoms with Gasteiger partial charge in [0, 0.05) is 6.07 Å². The first kappa shape index (κ1) is 9.38. The van der Waals surface area contributed by atoms with Gasteiger partial charge < -0.3 is 4.74 Å². The van der Waals surface area contributed by atoms with Crippen molar-refractivity contribution >= 4 is 15.9 Å². The Bertz CT molecular complexity index is 257. The van der Waals surface area contributed by atoms with Gasteiger partial charge in [-0.25, -0.2) is 4.39 Å². The van der Waals surface area contributed by atoms with Gasteiger partial charge >= 0.3 is 6.61 Å². The quantitative estimate of drug-likeness (QED) is 0.771. The maximum Gasteiger partial charge on any atom is 0.387 e. The van der Waals surface area contributed by atoms with Crippen LogP contribution in [0.4, 0.5) is 13.2 Å². The van der Waals surface area contributed by atoms with Crippen molar-refractivity contribution < 1.29 is 17.9 Å². The van der Waals surface area contributed by atoms with Crippen LogP contribution in [-0.2, 0) is 0 Å². The van der Waals surface area contributed by atoms with Gasteiger partial charge in [0.1, 0.15) is 0 Å². The highest BCUT2D eigenvalue weighted by atomic mass is 79.9. The summed E-state index contributed by atoms with van der Waals surface area (Å²) in [5, 5.41) is 0. The van der Waals surface area contributed by atoms with E-state index in [9.17, 15) is 13.2 Å². The maximum atomic E-state index is 12.7. The van der Waals surface area contributed by atoms with Gasteiger partial charge in [0.25, 0.3) is 0 Å². The molecular formula is C7H3BrF3O. The highest BCUT2D eigenvalue weighted by molar-refractivity contribution is 9.10. The molecule has 0 aliphatic carbocycles. The summed E-state index contributed by atoms with van der Waals surface area (Å²) in [6, 6.07) is 4.71. The molecule has 0 unspecified atom stereocenters. The van der Waals surface area contributed by atoms with E-state index in [0.29, 0.717) is 0 Å². The summed E-state index contributed by atoms with van der Waals surface area (Å²) in [6.45, 7) is -3.04. The molecule has 0 atom stereocenters. The maximum absolute atomic E-state index is 12.7. The fraction of sp³-hybridized carbons (Fsp3) is 0.143. The van der Waals surface area contributed by atoms with Crippen LogP contribution < -0.4 is 4.74 Å². The van der Waals surface area contributed by atoms with Crippen LogP contribution in [0.1, 0.15) is 0 Å². The van der Waals surface area contributed by atoms with Gasteiger partial charge in [-0.1, -0.05) is 0 Å². The first-order valence-electron chi connectivity index (χ1n) is 2.91. The van der Waals surface area contributed by atoms with E-state index >= 15 is 0 Å². The molecule has 0 N–H and O–H groups in total. The van der Waals surface area contributed by atoms with Crippen molar-refractivity contribution in [2.24, 2.45) is 0 Å². The second-order valence-corrected chi connectivity index (χ2v) is 2.70. The Morgan fingerprint density at radius 2 is 2.17 bits per heavy atom. The first-order chi connectivity index (χ1) is 5.61. The molecule has 0 heterocycles. The number of benzene rings is 1. The third-order valence-corrected chi connectivity index (χ3v) is 1.69. The fourth-order valence-corrected chi connectivity index (χ4v) is 1.03. The monoisotopic (exact) mass is 239 g/mol. The predicted molar refractivity (Wildman–Crippen MR) is 39.6 cm³/mol. The number of rotatable bonds is 2. The Balaban J connectivity index is 2.96. The highest BCUT2D eigenvalue weighted by Crippen LogP contribution is 2.28. The third kappa shape index (κ3) is 2.14. The van der Waals surface area contributed by atoms with Crippen LogP contribution in [-0.4, -0.2) is 6.61 Å².